The number of likely N-dealkylation sites (tertiary alicyclic amines) is 1. The number of halogens is 1. The number of hydrogen-bond donors (Lipinski definition) is 1. The molecule has 0 bridgehead atoms. The summed E-state index contributed by atoms with van der Waals surface area (Å²) in [7, 11) is 0. The maximum absolute atomic E-state index is 13.6. The average molecular weight is 541 g/mol. The van der Waals surface area contributed by atoms with Gasteiger partial charge in [-0.2, -0.15) is 0 Å². The van der Waals surface area contributed by atoms with E-state index in [0.717, 1.165) is 24.2 Å². The second-order valence-corrected chi connectivity index (χ2v) is 12.2. The molecule has 2 fully saturated rings. The molecule has 8 nitrogen and oxygen atoms in total. The smallest absolute Gasteiger partial charge is 0.410 e. The SMILES string of the molecule is CC(C)COc1ccc(CNC(=O)N(Cc2ccc(F)cn2)C2CCN(C(=O)OC(C)(C)C)CC23CC3)cc1. The predicted octanol–water partition coefficient (Wildman–Crippen LogP) is 5.76. The Morgan fingerprint density at radius 1 is 1.18 bits per heavy atom. The van der Waals surface area contributed by atoms with Gasteiger partial charge in [0.05, 0.1) is 25.0 Å². The van der Waals surface area contributed by atoms with Crippen molar-refractivity contribution >= 4 is 12.1 Å². The van der Waals surface area contributed by atoms with E-state index in [0.29, 0.717) is 44.3 Å². The van der Waals surface area contributed by atoms with E-state index in [2.05, 4.69) is 24.1 Å². The second-order valence-electron chi connectivity index (χ2n) is 12.2. The summed E-state index contributed by atoms with van der Waals surface area (Å²) in [6.07, 6.45) is 3.34. The Bertz CT molecular complexity index is 1130. The van der Waals surface area contributed by atoms with Crippen LogP contribution in [0.15, 0.2) is 42.6 Å². The molecule has 39 heavy (non-hydrogen) atoms. The lowest BCUT2D eigenvalue weighted by Crippen LogP contribution is -2.57. The molecule has 0 radical (unpaired) electrons. The minimum Gasteiger partial charge on any atom is -0.493 e. The first-order valence-corrected chi connectivity index (χ1v) is 13.8. The van der Waals surface area contributed by atoms with Crippen molar-refractivity contribution < 1.29 is 23.5 Å². The molecule has 1 saturated heterocycles. The van der Waals surface area contributed by atoms with Crippen LogP contribution in [0, 0.1) is 17.2 Å². The van der Waals surface area contributed by atoms with Gasteiger partial charge in [-0.05, 0) is 75.8 Å². The summed E-state index contributed by atoms with van der Waals surface area (Å²) in [4.78, 5) is 34.2. The van der Waals surface area contributed by atoms with Gasteiger partial charge in [0.1, 0.15) is 17.2 Å². The molecule has 1 aliphatic heterocycles. The number of nitrogens with one attached hydrogen (secondary N) is 1. The molecule has 1 unspecified atom stereocenters. The van der Waals surface area contributed by atoms with E-state index in [1.54, 1.807) is 11.0 Å². The van der Waals surface area contributed by atoms with Crippen LogP contribution in [0.25, 0.3) is 0 Å². The molecule has 1 aromatic heterocycles. The van der Waals surface area contributed by atoms with Crippen molar-refractivity contribution in [2.75, 3.05) is 19.7 Å². The maximum Gasteiger partial charge on any atom is 0.410 e. The molecular formula is C30H41FN4O4. The van der Waals surface area contributed by atoms with Crippen molar-refractivity contribution in [1.29, 1.82) is 0 Å². The van der Waals surface area contributed by atoms with Gasteiger partial charge >= 0.3 is 12.1 Å². The fraction of sp³-hybridized carbons (Fsp3) is 0.567. The number of aromatic nitrogens is 1. The number of amides is 3. The predicted molar refractivity (Wildman–Crippen MR) is 147 cm³/mol. The first-order chi connectivity index (χ1) is 18.4. The number of piperidine rings is 1. The Kier molecular flexibility index (Phi) is 8.67. The van der Waals surface area contributed by atoms with Gasteiger partial charge < -0.3 is 24.6 Å². The minimum atomic E-state index is -0.566. The molecule has 1 N–H and O–H groups in total. The highest BCUT2D eigenvalue weighted by molar-refractivity contribution is 5.75. The summed E-state index contributed by atoms with van der Waals surface area (Å²) in [5, 5.41) is 3.07. The van der Waals surface area contributed by atoms with Gasteiger partial charge in [-0.3, -0.25) is 4.98 Å². The lowest BCUT2D eigenvalue weighted by molar-refractivity contribution is 0.000922. The minimum absolute atomic E-state index is 0.0742. The third-order valence-corrected chi connectivity index (χ3v) is 7.14. The van der Waals surface area contributed by atoms with E-state index < -0.39 is 11.4 Å². The first-order valence-electron chi connectivity index (χ1n) is 13.8. The Morgan fingerprint density at radius 3 is 2.49 bits per heavy atom. The summed E-state index contributed by atoms with van der Waals surface area (Å²) in [5.74, 6) is 0.825. The van der Waals surface area contributed by atoms with Gasteiger partial charge in [-0.1, -0.05) is 26.0 Å². The Balaban J connectivity index is 1.45. The van der Waals surface area contributed by atoms with Crippen molar-refractivity contribution in [1.82, 2.24) is 20.1 Å². The van der Waals surface area contributed by atoms with Crippen LogP contribution in [-0.2, 0) is 17.8 Å². The molecule has 1 aromatic carbocycles. The molecule has 2 aliphatic rings. The molecule has 1 atom stereocenters. The molecule has 3 amide bonds. The number of urea groups is 1. The van der Waals surface area contributed by atoms with E-state index in [9.17, 15) is 14.0 Å². The fourth-order valence-corrected chi connectivity index (χ4v) is 5.01. The number of ether oxygens (including phenoxy) is 2. The average Bonchev–Trinajstić information content (AvgIpc) is 3.64. The van der Waals surface area contributed by atoms with Crippen LogP contribution in [0.2, 0.25) is 0 Å². The van der Waals surface area contributed by atoms with Crippen LogP contribution in [-0.4, -0.2) is 58.2 Å². The van der Waals surface area contributed by atoms with Gasteiger partial charge in [0.15, 0.2) is 0 Å². The molecule has 9 heteroatoms. The largest absolute Gasteiger partial charge is 0.493 e. The molecule has 2 aromatic rings. The van der Waals surface area contributed by atoms with Gasteiger partial charge in [0.25, 0.3) is 0 Å². The third kappa shape index (κ3) is 7.83. The summed E-state index contributed by atoms with van der Waals surface area (Å²) in [6, 6.07) is 10.4. The number of pyridine rings is 1. The summed E-state index contributed by atoms with van der Waals surface area (Å²) < 4.78 is 24.9. The van der Waals surface area contributed by atoms with Crippen LogP contribution >= 0.6 is 0 Å². The second kappa shape index (κ2) is 11.8. The summed E-state index contributed by atoms with van der Waals surface area (Å²) in [5.41, 5.74) is 0.829. The lowest BCUT2D eigenvalue weighted by Gasteiger charge is -2.44. The number of benzene rings is 1. The summed E-state index contributed by atoms with van der Waals surface area (Å²) in [6.45, 7) is 12.1. The fourth-order valence-electron chi connectivity index (χ4n) is 5.01. The molecule has 1 spiro atoms. The Labute approximate surface area is 230 Å². The van der Waals surface area contributed by atoms with E-state index >= 15 is 0 Å². The summed E-state index contributed by atoms with van der Waals surface area (Å²) >= 11 is 0. The quantitative estimate of drug-likeness (QED) is 0.461. The van der Waals surface area contributed by atoms with Crippen molar-refractivity contribution in [3.8, 4) is 5.75 Å². The highest BCUT2D eigenvalue weighted by atomic mass is 19.1. The van der Waals surface area contributed by atoms with Crippen molar-refractivity contribution in [2.24, 2.45) is 11.3 Å². The molecule has 2 heterocycles. The number of rotatable bonds is 8. The number of carbonyl (C=O) groups excluding carboxylic acids is 2. The van der Waals surface area contributed by atoms with Gasteiger partial charge in [0.2, 0.25) is 0 Å². The third-order valence-electron chi connectivity index (χ3n) is 7.14. The Morgan fingerprint density at radius 2 is 1.90 bits per heavy atom. The zero-order valence-corrected chi connectivity index (χ0v) is 23.7. The van der Waals surface area contributed by atoms with E-state index in [1.165, 1.54) is 12.3 Å². The van der Waals surface area contributed by atoms with Crippen molar-refractivity contribution in [3.63, 3.8) is 0 Å². The van der Waals surface area contributed by atoms with E-state index in [1.807, 2.05) is 49.9 Å². The van der Waals surface area contributed by atoms with E-state index in [4.69, 9.17) is 9.47 Å². The molecule has 4 rings (SSSR count). The number of hydrogen-bond acceptors (Lipinski definition) is 5. The molecule has 212 valence electrons. The molecule has 1 saturated carbocycles. The highest BCUT2D eigenvalue weighted by Gasteiger charge is 2.56. The zero-order valence-electron chi connectivity index (χ0n) is 23.7. The van der Waals surface area contributed by atoms with Crippen LogP contribution in [0.4, 0.5) is 14.0 Å². The van der Waals surface area contributed by atoms with E-state index in [-0.39, 0.29) is 30.1 Å². The van der Waals surface area contributed by atoms with Gasteiger partial charge in [-0.15, -0.1) is 0 Å². The highest BCUT2D eigenvalue weighted by Crippen LogP contribution is 2.54. The monoisotopic (exact) mass is 540 g/mol. The van der Waals surface area contributed by atoms with Gasteiger partial charge in [0, 0.05) is 31.1 Å². The number of nitrogens with zero attached hydrogens (tertiary/aromatic N) is 3. The van der Waals surface area contributed by atoms with Gasteiger partial charge in [-0.25, -0.2) is 14.0 Å². The molecule has 1 aliphatic carbocycles. The Hall–Kier alpha value is -3.36. The van der Waals surface area contributed by atoms with Crippen LogP contribution in [0.1, 0.15) is 65.1 Å². The van der Waals surface area contributed by atoms with Crippen LogP contribution in [0.3, 0.4) is 0 Å². The molecular weight excluding hydrogens is 499 g/mol. The topological polar surface area (TPSA) is 84.0 Å². The van der Waals surface area contributed by atoms with Crippen molar-refractivity contribution in [2.45, 2.75) is 78.6 Å². The van der Waals surface area contributed by atoms with Crippen molar-refractivity contribution in [3.05, 3.63) is 59.7 Å². The zero-order chi connectivity index (χ0) is 28.2. The van der Waals surface area contributed by atoms with Crippen LogP contribution in [0.5, 0.6) is 5.75 Å². The standard InChI is InChI=1S/C30H41FN4O4/c1-21(2)19-38-25-10-6-22(7-11-25)16-33-27(36)35(18-24-9-8-23(31)17-32-24)26-12-15-34(20-30(26)13-14-30)28(37)39-29(3,4)5/h6-11,17,21,26H,12-16,18-20H2,1-5H3,(H,33,36). The normalized spacial score (nSPS) is 18.1. The lowest BCUT2D eigenvalue weighted by atomic mass is 9.87. The van der Waals surface area contributed by atoms with Crippen LogP contribution < -0.4 is 10.1 Å². The maximum atomic E-state index is 13.6. The first kappa shape index (κ1) is 28.6. The number of carbonyl (C=O) groups is 2.